The molecule has 0 aromatic carbocycles. The van der Waals surface area contributed by atoms with Gasteiger partial charge in [0.05, 0.1) is 19.8 Å². The minimum Gasteiger partial charge on any atom is -0.378 e. The number of ether oxygens (including phenoxy) is 2. The van der Waals surface area contributed by atoms with Gasteiger partial charge in [0.25, 0.3) is 0 Å². The van der Waals surface area contributed by atoms with Crippen LogP contribution in [-0.2, 0) is 9.47 Å². The number of morpholine rings is 1. The molecule has 0 N–H and O–H groups in total. The van der Waals surface area contributed by atoms with E-state index in [-0.39, 0.29) is 0 Å². The molecule has 0 radical (unpaired) electrons. The average molecular weight is 213 g/mol. The van der Waals surface area contributed by atoms with E-state index in [9.17, 15) is 0 Å². The third kappa shape index (κ3) is 4.67. The van der Waals surface area contributed by atoms with Crippen LogP contribution < -0.4 is 0 Å². The van der Waals surface area contributed by atoms with Crippen molar-refractivity contribution in [3.8, 4) is 0 Å². The molecule has 88 valence electrons. The van der Waals surface area contributed by atoms with E-state index < -0.39 is 0 Å². The van der Waals surface area contributed by atoms with Gasteiger partial charge in [0.1, 0.15) is 0 Å². The molecule has 0 atom stereocenters. The van der Waals surface area contributed by atoms with Crippen molar-refractivity contribution < 1.29 is 9.47 Å². The largest absolute Gasteiger partial charge is 0.378 e. The van der Waals surface area contributed by atoms with Gasteiger partial charge in [0, 0.05) is 25.4 Å². The zero-order valence-corrected chi connectivity index (χ0v) is 10.00. The Morgan fingerprint density at radius 2 is 2.07 bits per heavy atom. The molecule has 1 heterocycles. The monoisotopic (exact) mass is 213 g/mol. The normalized spacial score (nSPS) is 18.3. The second-order valence-corrected chi connectivity index (χ2v) is 3.70. The van der Waals surface area contributed by atoms with E-state index in [1.165, 1.54) is 12.1 Å². The molecule has 0 spiro atoms. The Hall–Kier alpha value is -0.540. The van der Waals surface area contributed by atoms with Crippen LogP contribution in [0.15, 0.2) is 11.8 Å². The topological polar surface area (TPSA) is 21.7 Å². The number of rotatable bonds is 6. The van der Waals surface area contributed by atoms with Gasteiger partial charge in [-0.25, -0.2) is 0 Å². The number of nitrogens with zero attached hydrogens (tertiary/aromatic N) is 1. The van der Waals surface area contributed by atoms with Crippen molar-refractivity contribution in [3.63, 3.8) is 0 Å². The summed E-state index contributed by atoms with van der Waals surface area (Å²) in [5.41, 5.74) is 1.43. The van der Waals surface area contributed by atoms with Crippen molar-refractivity contribution in [3.05, 3.63) is 11.8 Å². The maximum atomic E-state index is 5.37. The molecule has 0 amide bonds. The highest BCUT2D eigenvalue weighted by Gasteiger charge is 2.12. The molecule has 0 bridgehead atoms. The van der Waals surface area contributed by atoms with Crippen molar-refractivity contribution in [2.45, 2.75) is 26.7 Å². The quantitative estimate of drug-likeness (QED) is 0.630. The van der Waals surface area contributed by atoms with Crippen LogP contribution in [0.25, 0.3) is 0 Å². The molecular weight excluding hydrogens is 190 g/mol. The first-order valence-corrected chi connectivity index (χ1v) is 5.98. The first-order chi connectivity index (χ1) is 7.38. The highest BCUT2D eigenvalue weighted by molar-refractivity contribution is 5.02. The number of hydrogen-bond acceptors (Lipinski definition) is 3. The lowest BCUT2D eigenvalue weighted by atomic mass is 10.2. The molecule has 1 aliphatic heterocycles. The minimum atomic E-state index is 0.739. The molecule has 3 heteroatoms. The van der Waals surface area contributed by atoms with E-state index in [1.54, 1.807) is 0 Å². The standard InChI is InChI=1S/C12H23NO2/c1-3-5-12(6-9-14-4-2)13-7-10-15-11-8-13/h6H,3-5,7-11H2,1-2H3/b12-6+. The number of allylic oxidation sites excluding steroid dienone is 1. The fourth-order valence-corrected chi connectivity index (χ4v) is 1.77. The van der Waals surface area contributed by atoms with Gasteiger partial charge >= 0.3 is 0 Å². The van der Waals surface area contributed by atoms with E-state index in [2.05, 4.69) is 17.9 Å². The van der Waals surface area contributed by atoms with Gasteiger partial charge < -0.3 is 14.4 Å². The zero-order valence-electron chi connectivity index (χ0n) is 10.00. The summed E-state index contributed by atoms with van der Waals surface area (Å²) in [4.78, 5) is 2.42. The van der Waals surface area contributed by atoms with Crippen LogP contribution >= 0.6 is 0 Å². The molecular formula is C12H23NO2. The summed E-state index contributed by atoms with van der Waals surface area (Å²) in [6, 6.07) is 0. The predicted octanol–water partition coefficient (Wildman–Crippen LogP) is 2.04. The molecule has 0 aromatic rings. The second-order valence-electron chi connectivity index (χ2n) is 3.70. The highest BCUT2D eigenvalue weighted by atomic mass is 16.5. The van der Waals surface area contributed by atoms with Gasteiger partial charge in [-0.1, -0.05) is 13.3 Å². The van der Waals surface area contributed by atoms with Crippen molar-refractivity contribution >= 4 is 0 Å². The molecule has 0 saturated carbocycles. The Morgan fingerprint density at radius 3 is 2.67 bits per heavy atom. The van der Waals surface area contributed by atoms with Crippen molar-refractivity contribution in [2.24, 2.45) is 0 Å². The zero-order chi connectivity index (χ0) is 10.9. The number of hydrogen-bond donors (Lipinski definition) is 0. The van der Waals surface area contributed by atoms with Crippen LogP contribution in [0, 0.1) is 0 Å². The second kappa shape index (κ2) is 7.71. The van der Waals surface area contributed by atoms with Crippen LogP contribution in [0.5, 0.6) is 0 Å². The molecule has 1 rings (SSSR count). The van der Waals surface area contributed by atoms with Crippen LogP contribution in [-0.4, -0.2) is 44.4 Å². The van der Waals surface area contributed by atoms with Gasteiger partial charge in [0.15, 0.2) is 0 Å². The molecule has 0 aliphatic carbocycles. The lowest BCUT2D eigenvalue weighted by Crippen LogP contribution is -2.35. The lowest BCUT2D eigenvalue weighted by molar-refractivity contribution is 0.0512. The third-order valence-electron chi connectivity index (χ3n) is 2.56. The average Bonchev–Trinajstić information content (AvgIpc) is 2.29. The first-order valence-electron chi connectivity index (χ1n) is 5.98. The van der Waals surface area contributed by atoms with Gasteiger partial charge in [-0.05, 0) is 19.4 Å². The van der Waals surface area contributed by atoms with Crippen molar-refractivity contribution in [1.29, 1.82) is 0 Å². The molecule has 0 aromatic heterocycles. The maximum absolute atomic E-state index is 5.37. The molecule has 1 aliphatic rings. The van der Waals surface area contributed by atoms with Gasteiger partial charge in [-0.2, -0.15) is 0 Å². The minimum absolute atomic E-state index is 0.739. The first kappa shape index (κ1) is 12.5. The van der Waals surface area contributed by atoms with E-state index in [0.717, 1.165) is 45.9 Å². The smallest absolute Gasteiger partial charge is 0.0666 e. The molecule has 1 saturated heterocycles. The van der Waals surface area contributed by atoms with Crippen LogP contribution in [0.1, 0.15) is 26.7 Å². The summed E-state index contributed by atoms with van der Waals surface area (Å²) in [5.74, 6) is 0. The van der Waals surface area contributed by atoms with Gasteiger partial charge in [-0.3, -0.25) is 0 Å². The summed E-state index contributed by atoms with van der Waals surface area (Å²) in [7, 11) is 0. The Balaban J connectivity index is 2.43. The van der Waals surface area contributed by atoms with E-state index >= 15 is 0 Å². The Bertz CT molecular complexity index is 186. The van der Waals surface area contributed by atoms with Crippen LogP contribution in [0.2, 0.25) is 0 Å². The fraction of sp³-hybridized carbons (Fsp3) is 0.833. The van der Waals surface area contributed by atoms with Crippen molar-refractivity contribution in [2.75, 3.05) is 39.5 Å². The molecule has 1 fully saturated rings. The van der Waals surface area contributed by atoms with E-state index in [1.807, 2.05) is 6.92 Å². The summed E-state index contributed by atoms with van der Waals surface area (Å²) in [6.45, 7) is 9.54. The Kier molecular flexibility index (Phi) is 6.44. The van der Waals surface area contributed by atoms with Crippen LogP contribution in [0.4, 0.5) is 0 Å². The summed E-state index contributed by atoms with van der Waals surface area (Å²) in [6.07, 6.45) is 4.56. The van der Waals surface area contributed by atoms with Gasteiger partial charge in [-0.15, -0.1) is 0 Å². The summed E-state index contributed by atoms with van der Waals surface area (Å²) in [5, 5.41) is 0. The fourth-order valence-electron chi connectivity index (χ4n) is 1.77. The summed E-state index contributed by atoms with van der Waals surface area (Å²) >= 11 is 0. The maximum Gasteiger partial charge on any atom is 0.0666 e. The van der Waals surface area contributed by atoms with Gasteiger partial charge in [0.2, 0.25) is 0 Å². The van der Waals surface area contributed by atoms with Crippen LogP contribution in [0.3, 0.4) is 0 Å². The van der Waals surface area contributed by atoms with Crippen molar-refractivity contribution in [1.82, 2.24) is 4.90 Å². The highest BCUT2D eigenvalue weighted by Crippen LogP contribution is 2.13. The van der Waals surface area contributed by atoms with E-state index in [0.29, 0.717) is 0 Å². The molecule has 0 unspecified atom stereocenters. The SMILES string of the molecule is CCC/C(=C\COCC)N1CCOCC1. The third-order valence-corrected chi connectivity index (χ3v) is 2.56. The molecule has 3 nitrogen and oxygen atoms in total. The molecule has 15 heavy (non-hydrogen) atoms. The van der Waals surface area contributed by atoms with E-state index in [4.69, 9.17) is 9.47 Å². The predicted molar refractivity (Wildman–Crippen MR) is 61.9 cm³/mol. The Labute approximate surface area is 93.0 Å². The Morgan fingerprint density at radius 1 is 1.33 bits per heavy atom. The lowest BCUT2D eigenvalue weighted by Gasteiger charge is -2.31. The summed E-state index contributed by atoms with van der Waals surface area (Å²) < 4.78 is 10.7.